The predicted molar refractivity (Wildman–Crippen MR) is 79.8 cm³/mol. The summed E-state index contributed by atoms with van der Waals surface area (Å²) in [5.74, 6) is 2.28. The van der Waals surface area contributed by atoms with E-state index in [1.807, 2.05) is 43.3 Å². The first-order chi connectivity index (χ1) is 9.13. The molecule has 0 aliphatic rings. The number of aryl methyl sites for hydroxylation is 1. The van der Waals surface area contributed by atoms with Gasteiger partial charge in [-0.15, -0.1) is 0 Å². The van der Waals surface area contributed by atoms with Crippen molar-refractivity contribution < 1.29 is 9.47 Å². The monoisotopic (exact) mass is 321 g/mol. The van der Waals surface area contributed by atoms with Crippen LogP contribution in [0.25, 0.3) is 0 Å². The number of ether oxygens (including phenoxy) is 2. The fourth-order valence-corrected chi connectivity index (χ4v) is 2.07. The van der Waals surface area contributed by atoms with Crippen LogP contribution in [0, 0.1) is 6.92 Å². The van der Waals surface area contributed by atoms with E-state index in [2.05, 4.69) is 15.9 Å². The summed E-state index contributed by atoms with van der Waals surface area (Å²) in [6, 6.07) is 11.6. The topological polar surface area (TPSA) is 44.5 Å². The highest BCUT2D eigenvalue weighted by molar-refractivity contribution is 9.10. The third-order valence-corrected chi connectivity index (χ3v) is 3.36. The van der Waals surface area contributed by atoms with Gasteiger partial charge in [0.05, 0.1) is 7.11 Å². The fourth-order valence-electron chi connectivity index (χ4n) is 1.73. The minimum atomic E-state index is 0.423. The van der Waals surface area contributed by atoms with Crippen molar-refractivity contribution in [2.24, 2.45) is 5.73 Å². The zero-order valence-electron chi connectivity index (χ0n) is 10.9. The summed E-state index contributed by atoms with van der Waals surface area (Å²) in [5, 5.41) is 0. The van der Waals surface area contributed by atoms with Crippen LogP contribution in [0.2, 0.25) is 0 Å². The molecule has 2 N–H and O–H groups in total. The minimum Gasteiger partial charge on any atom is -0.497 e. The van der Waals surface area contributed by atoms with E-state index in [9.17, 15) is 0 Å². The van der Waals surface area contributed by atoms with Crippen LogP contribution >= 0.6 is 15.9 Å². The third-order valence-electron chi connectivity index (χ3n) is 2.86. The Morgan fingerprint density at radius 2 is 1.89 bits per heavy atom. The average Bonchev–Trinajstić information content (AvgIpc) is 2.42. The molecule has 0 aliphatic carbocycles. The maximum absolute atomic E-state index is 5.96. The summed E-state index contributed by atoms with van der Waals surface area (Å²) >= 11 is 3.44. The number of halogens is 1. The van der Waals surface area contributed by atoms with Crippen LogP contribution in [0.4, 0.5) is 0 Å². The molecular weight excluding hydrogens is 306 g/mol. The number of rotatable bonds is 4. The smallest absolute Gasteiger partial charge is 0.135 e. The summed E-state index contributed by atoms with van der Waals surface area (Å²) in [4.78, 5) is 0. The van der Waals surface area contributed by atoms with Crippen LogP contribution in [0.15, 0.2) is 40.9 Å². The van der Waals surface area contributed by atoms with Crippen molar-refractivity contribution in [3.05, 3.63) is 52.0 Å². The lowest BCUT2D eigenvalue weighted by atomic mass is 10.2. The van der Waals surface area contributed by atoms with E-state index in [1.54, 1.807) is 7.11 Å². The Balaban J connectivity index is 2.38. The number of hydrogen-bond donors (Lipinski definition) is 1. The molecule has 0 aromatic heterocycles. The first-order valence-electron chi connectivity index (χ1n) is 5.95. The van der Waals surface area contributed by atoms with Gasteiger partial charge in [0.25, 0.3) is 0 Å². The molecule has 4 heteroatoms. The van der Waals surface area contributed by atoms with E-state index in [1.165, 1.54) is 0 Å². The van der Waals surface area contributed by atoms with Gasteiger partial charge in [0, 0.05) is 22.6 Å². The van der Waals surface area contributed by atoms with Crippen LogP contribution in [0.1, 0.15) is 11.1 Å². The molecule has 0 aliphatic heterocycles. The predicted octanol–water partition coefficient (Wildman–Crippen LogP) is 4.02. The van der Waals surface area contributed by atoms with Gasteiger partial charge in [-0.2, -0.15) is 0 Å². The van der Waals surface area contributed by atoms with Gasteiger partial charge in [-0.05, 0) is 30.7 Å². The molecule has 100 valence electrons. The van der Waals surface area contributed by atoms with E-state index < -0.39 is 0 Å². The van der Waals surface area contributed by atoms with Gasteiger partial charge in [-0.3, -0.25) is 0 Å². The molecule has 0 fully saturated rings. The molecule has 3 nitrogen and oxygen atoms in total. The number of hydrogen-bond acceptors (Lipinski definition) is 3. The van der Waals surface area contributed by atoms with Crippen molar-refractivity contribution >= 4 is 15.9 Å². The molecule has 19 heavy (non-hydrogen) atoms. The lowest BCUT2D eigenvalue weighted by Crippen LogP contribution is -2.00. The normalized spacial score (nSPS) is 10.3. The van der Waals surface area contributed by atoms with Crippen LogP contribution in [0.3, 0.4) is 0 Å². The molecule has 0 amide bonds. The molecule has 2 rings (SSSR count). The van der Waals surface area contributed by atoms with Crippen LogP contribution in [0.5, 0.6) is 17.2 Å². The van der Waals surface area contributed by atoms with Crippen molar-refractivity contribution in [3.63, 3.8) is 0 Å². The molecule has 0 heterocycles. The van der Waals surface area contributed by atoms with Crippen molar-refractivity contribution in [2.45, 2.75) is 13.5 Å². The lowest BCUT2D eigenvalue weighted by Gasteiger charge is -2.13. The zero-order valence-corrected chi connectivity index (χ0v) is 12.5. The van der Waals surface area contributed by atoms with E-state index in [-0.39, 0.29) is 0 Å². The minimum absolute atomic E-state index is 0.423. The second-order valence-electron chi connectivity index (χ2n) is 4.19. The fraction of sp³-hybridized carbons (Fsp3) is 0.200. The lowest BCUT2D eigenvalue weighted by molar-refractivity contribution is 0.407. The molecule has 0 bridgehead atoms. The molecular formula is C15H16BrNO2. The van der Waals surface area contributed by atoms with Crippen molar-refractivity contribution in [3.8, 4) is 17.2 Å². The maximum Gasteiger partial charge on any atom is 0.135 e. The van der Waals surface area contributed by atoms with E-state index >= 15 is 0 Å². The highest BCUT2D eigenvalue weighted by Gasteiger charge is 2.08. The van der Waals surface area contributed by atoms with E-state index in [4.69, 9.17) is 15.2 Å². The second kappa shape index (κ2) is 6.08. The third kappa shape index (κ3) is 3.28. The quantitative estimate of drug-likeness (QED) is 0.925. The Morgan fingerprint density at radius 3 is 2.58 bits per heavy atom. The molecule has 0 atom stereocenters. The van der Waals surface area contributed by atoms with Gasteiger partial charge >= 0.3 is 0 Å². The Morgan fingerprint density at radius 1 is 1.11 bits per heavy atom. The summed E-state index contributed by atoms with van der Waals surface area (Å²) in [6.45, 7) is 2.43. The molecule has 2 aromatic carbocycles. The first-order valence-corrected chi connectivity index (χ1v) is 6.74. The average molecular weight is 322 g/mol. The Kier molecular flexibility index (Phi) is 4.45. The summed E-state index contributed by atoms with van der Waals surface area (Å²) < 4.78 is 12.2. The van der Waals surface area contributed by atoms with Crippen LogP contribution in [-0.4, -0.2) is 7.11 Å². The highest BCUT2D eigenvalue weighted by atomic mass is 79.9. The van der Waals surface area contributed by atoms with Crippen molar-refractivity contribution in [1.82, 2.24) is 0 Å². The van der Waals surface area contributed by atoms with Gasteiger partial charge in [-0.25, -0.2) is 0 Å². The summed E-state index contributed by atoms with van der Waals surface area (Å²) in [6.07, 6.45) is 0. The molecule has 0 unspecified atom stereocenters. The van der Waals surface area contributed by atoms with Crippen LogP contribution in [-0.2, 0) is 6.54 Å². The zero-order chi connectivity index (χ0) is 13.8. The Bertz CT molecular complexity index is 584. The summed E-state index contributed by atoms with van der Waals surface area (Å²) in [7, 11) is 1.63. The largest absolute Gasteiger partial charge is 0.497 e. The first kappa shape index (κ1) is 13.9. The van der Waals surface area contributed by atoms with Gasteiger partial charge in [0.1, 0.15) is 17.2 Å². The van der Waals surface area contributed by atoms with Crippen molar-refractivity contribution in [1.29, 1.82) is 0 Å². The number of methoxy groups -OCH3 is 1. The maximum atomic E-state index is 5.96. The van der Waals surface area contributed by atoms with Crippen LogP contribution < -0.4 is 15.2 Å². The SMILES string of the molecule is COc1ccc(CN)c(Oc2cc(Br)ccc2C)c1. The Hall–Kier alpha value is -1.52. The number of benzene rings is 2. The van der Waals surface area contributed by atoms with E-state index in [0.29, 0.717) is 6.54 Å². The second-order valence-corrected chi connectivity index (χ2v) is 5.11. The molecule has 2 aromatic rings. The molecule has 0 radical (unpaired) electrons. The molecule has 0 spiro atoms. The van der Waals surface area contributed by atoms with Gasteiger partial charge < -0.3 is 15.2 Å². The highest BCUT2D eigenvalue weighted by Crippen LogP contribution is 2.32. The van der Waals surface area contributed by atoms with Gasteiger partial charge in [0.15, 0.2) is 0 Å². The molecule has 0 saturated carbocycles. The molecule has 0 saturated heterocycles. The standard InChI is InChI=1S/C15H16BrNO2/c1-10-3-5-12(16)7-14(10)19-15-8-13(18-2)6-4-11(15)9-17/h3-8H,9,17H2,1-2H3. The summed E-state index contributed by atoms with van der Waals surface area (Å²) in [5.41, 5.74) is 7.74. The Labute approximate surface area is 121 Å². The van der Waals surface area contributed by atoms with Crippen molar-refractivity contribution in [2.75, 3.05) is 7.11 Å². The van der Waals surface area contributed by atoms with Gasteiger partial charge in [0.2, 0.25) is 0 Å². The van der Waals surface area contributed by atoms with E-state index in [0.717, 1.165) is 32.8 Å². The van der Waals surface area contributed by atoms with Gasteiger partial charge in [-0.1, -0.05) is 28.1 Å². The number of nitrogens with two attached hydrogens (primary N) is 1.